The van der Waals surface area contributed by atoms with Crippen LogP contribution in [0.5, 0.6) is 0 Å². The summed E-state index contributed by atoms with van der Waals surface area (Å²) in [6.07, 6.45) is 1.22. The quantitative estimate of drug-likeness (QED) is 0.670. The van der Waals surface area contributed by atoms with Gasteiger partial charge in [0.25, 0.3) is 0 Å². The Bertz CT molecular complexity index is 245. The maximum absolute atomic E-state index is 2.36. The summed E-state index contributed by atoms with van der Waals surface area (Å²) in [5, 5.41) is 0. The zero-order chi connectivity index (χ0) is 9.52. The number of allylic oxidation sites excluding steroid dienone is 4. The zero-order valence-electron chi connectivity index (χ0n) is 9.62. The van der Waals surface area contributed by atoms with Crippen LogP contribution in [-0.4, -0.2) is 0 Å². The fraction of sp³-hybridized carbons (Fsp3) is 0.667. The molecule has 1 aliphatic rings. The Kier molecular flexibility index (Phi) is 4.18. The Labute approximate surface area is 96.8 Å². The van der Waals surface area contributed by atoms with Crippen LogP contribution in [0, 0.1) is 5.41 Å². The van der Waals surface area contributed by atoms with Crippen molar-refractivity contribution in [1.29, 1.82) is 0 Å². The standard InChI is InChI=1S/C12H20.W/c1-7-12(6)10(4)8(2)9(3)11(12)5;/h7H2,1-6H3;. The molecule has 0 saturated heterocycles. The molecule has 0 spiro atoms. The topological polar surface area (TPSA) is 0 Å². The van der Waals surface area contributed by atoms with Crippen LogP contribution in [0.2, 0.25) is 0 Å². The van der Waals surface area contributed by atoms with Gasteiger partial charge in [0.05, 0.1) is 0 Å². The van der Waals surface area contributed by atoms with E-state index in [1.165, 1.54) is 17.6 Å². The SMILES string of the molecule is CCC1(C)C(C)=C(C)C(C)=C1C.[W]. The minimum Gasteiger partial charge on any atom is -0.0642 e. The third kappa shape index (κ3) is 1.70. The van der Waals surface area contributed by atoms with Crippen LogP contribution < -0.4 is 0 Å². The minimum absolute atomic E-state index is 0. The molecule has 1 aliphatic carbocycles. The molecule has 0 atom stereocenters. The van der Waals surface area contributed by atoms with Gasteiger partial charge in [-0.05, 0) is 45.3 Å². The zero-order valence-corrected chi connectivity index (χ0v) is 12.5. The Morgan fingerprint density at radius 3 is 1.38 bits per heavy atom. The van der Waals surface area contributed by atoms with Crippen LogP contribution in [0.3, 0.4) is 0 Å². The van der Waals surface area contributed by atoms with Crippen molar-refractivity contribution in [3.05, 3.63) is 22.3 Å². The van der Waals surface area contributed by atoms with Crippen LogP contribution in [0.15, 0.2) is 22.3 Å². The Hall–Kier alpha value is 0.168. The third-order valence-electron chi connectivity index (χ3n) is 4.05. The van der Waals surface area contributed by atoms with Crippen molar-refractivity contribution in [1.82, 2.24) is 0 Å². The van der Waals surface area contributed by atoms with Crippen molar-refractivity contribution in [3.63, 3.8) is 0 Å². The van der Waals surface area contributed by atoms with Crippen LogP contribution in [0.4, 0.5) is 0 Å². The van der Waals surface area contributed by atoms with Crippen LogP contribution in [0.25, 0.3) is 0 Å². The molecule has 1 rings (SSSR count). The Balaban J connectivity index is 0.00000144. The van der Waals surface area contributed by atoms with Gasteiger partial charge in [0.2, 0.25) is 0 Å². The van der Waals surface area contributed by atoms with Gasteiger partial charge in [-0.15, -0.1) is 0 Å². The molecule has 0 nitrogen and oxygen atoms in total. The van der Waals surface area contributed by atoms with E-state index in [-0.39, 0.29) is 21.1 Å². The molecule has 13 heavy (non-hydrogen) atoms. The normalized spacial score (nSPS) is 20.8. The van der Waals surface area contributed by atoms with Gasteiger partial charge in [-0.3, -0.25) is 0 Å². The van der Waals surface area contributed by atoms with Gasteiger partial charge in [-0.25, -0.2) is 0 Å². The molecule has 74 valence electrons. The first-order valence-corrected chi connectivity index (χ1v) is 4.81. The first-order valence-electron chi connectivity index (χ1n) is 4.81. The molecule has 0 aromatic carbocycles. The summed E-state index contributed by atoms with van der Waals surface area (Å²) in [6.45, 7) is 13.7. The smallest absolute Gasteiger partial charge is 0.00957 e. The van der Waals surface area contributed by atoms with E-state index in [1.807, 2.05) is 0 Å². The van der Waals surface area contributed by atoms with Crippen molar-refractivity contribution < 1.29 is 21.1 Å². The predicted molar refractivity (Wildman–Crippen MR) is 55.1 cm³/mol. The molecule has 0 amide bonds. The first-order chi connectivity index (χ1) is 5.45. The summed E-state index contributed by atoms with van der Waals surface area (Å²) in [4.78, 5) is 0. The average Bonchev–Trinajstić information content (AvgIpc) is 2.22. The van der Waals surface area contributed by atoms with Gasteiger partial charge in [0.1, 0.15) is 0 Å². The summed E-state index contributed by atoms with van der Waals surface area (Å²) >= 11 is 0. The molecule has 0 N–H and O–H groups in total. The van der Waals surface area contributed by atoms with E-state index in [2.05, 4.69) is 41.5 Å². The van der Waals surface area contributed by atoms with Crippen molar-refractivity contribution in [2.24, 2.45) is 5.41 Å². The molecule has 0 heterocycles. The van der Waals surface area contributed by atoms with E-state index in [0.29, 0.717) is 5.41 Å². The number of hydrogen-bond acceptors (Lipinski definition) is 0. The maximum atomic E-state index is 2.36. The van der Waals surface area contributed by atoms with E-state index in [4.69, 9.17) is 0 Å². The van der Waals surface area contributed by atoms with E-state index in [9.17, 15) is 0 Å². The fourth-order valence-corrected chi connectivity index (χ4v) is 2.20. The molecule has 0 aliphatic heterocycles. The average molecular weight is 348 g/mol. The molecular formula is C12H20W. The van der Waals surface area contributed by atoms with E-state index >= 15 is 0 Å². The predicted octanol–water partition coefficient (Wildman–Crippen LogP) is 4.09. The van der Waals surface area contributed by atoms with Gasteiger partial charge in [0, 0.05) is 26.5 Å². The van der Waals surface area contributed by atoms with E-state index in [1.54, 1.807) is 11.1 Å². The largest absolute Gasteiger partial charge is 0.0642 e. The monoisotopic (exact) mass is 348 g/mol. The first kappa shape index (κ1) is 13.2. The second kappa shape index (κ2) is 4.13. The van der Waals surface area contributed by atoms with Crippen LogP contribution in [0.1, 0.15) is 48.0 Å². The van der Waals surface area contributed by atoms with E-state index < -0.39 is 0 Å². The molecule has 0 saturated carbocycles. The van der Waals surface area contributed by atoms with Crippen molar-refractivity contribution in [2.75, 3.05) is 0 Å². The molecule has 0 radical (unpaired) electrons. The maximum Gasteiger partial charge on any atom is 0.00957 e. The van der Waals surface area contributed by atoms with Gasteiger partial charge in [-0.2, -0.15) is 0 Å². The third-order valence-corrected chi connectivity index (χ3v) is 4.05. The number of rotatable bonds is 1. The van der Waals surface area contributed by atoms with Crippen molar-refractivity contribution >= 4 is 0 Å². The Morgan fingerprint density at radius 1 is 0.923 bits per heavy atom. The van der Waals surface area contributed by atoms with Gasteiger partial charge in [-0.1, -0.05) is 25.0 Å². The van der Waals surface area contributed by atoms with Gasteiger partial charge in [0.15, 0.2) is 0 Å². The van der Waals surface area contributed by atoms with E-state index in [0.717, 1.165) is 0 Å². The molecule has 1 heteroatoms. The minimum atomic E-state index is 0. The van der Waals surface area contributed by atoms with Crippen LogP contribution in [-0.2, 0) is 21.1 Å². The molecule has 0 aromatic rings. The van der Waals surface area contributed by atoms with Gasteiger partial charge >= 0.3 is 0 Å². The molecule has 0 unspecified atom stereocenters. The van der Waals surface area contributed by atoms with Crippen LogP contribution >= 0.6 is 0 Å². The molecule has 0 aromatic heterocycles. The summed E-state index contributed by atoms with van der Waals surface area (Å²) in [5.41, 5.74) is 6.52. The second-order valence-electron chi connectivity index (χ2n) is 4.19. The summed E-state index contributed by atoms with van der Waals surface area (Å²) in [6, 6.07) is 0. The fourth-order valence-electron chi connectivity index (χ4n) is 2.20. The summed E-state index contributed by atoms with van der Waals surface area (Å²) < 4.78 is 0. The van der Waals surface area contributed by atoms with Gasteiger partial charge < -0.3 is 0 Å². The van der Waals surface area contributed by atoms with Crippen molar-refractivity contribution in [2.45, 2.75) is 48.0 Å². The van der Waals surface area contributed by atoms with Crippen molar-refractivity contribution in [3.8, 4) is 0 Å². The Morgan fingerprint density at radius 2 is 1.23 bits per heavy atom. The summed E-state index contributed by atoms with van der Waals surface area (Å²) in [5.74, 6) is 0. The second-order valence-corrected chi connectivity index (χ2v) is 4.19. The number of hydrogen-bond donors (Lipinski definition) is 0. The molecular weight excluding hydrogens is 328 g/mol. The molecule has 0 bridgehead atoms. The molecule has 0 fully saturated rings. The summed E-state index contributed by atoms with van der Waals surface area (Å²) in [7, 11) is 0.